The number of hydrogen-bond donors (Lipinski definition) is 0. The summed E-state index contributed by atoms with van der Waals surface area (Å²) >= 11 is 1.62. The molecule has 1 amide bonds. The number of amides is 1. The summed E-state index contributed by atoms with van der Waals surface area (Å²) in [6.07, 6.45) is 3.36. The first-order valence-electron chi connectivity index (χ1n) is 10.1. The summed E-state index contributed by atoms with van der Waals surface area (Å²) < 4.78 is 25.5. The second kappa shape index (κ2) is 8.00. The Morgan fingerprint density at radius 1 is 0.938 bits per heavy atom. The molecule has 5 rings (SSSR count). The van der Waals surface area contributed by atoms with E-state index in [1.807, 2.05) is 31.3 Å². The van der Waals surface area contributed by atoms with Crippen molar-refractivity contribution >= 4 is 27.1 Å². The molecule has 5 nitrogen and oxygen atoms in total. The smallest absolute Gasteiger partial charge is 0.254 e. The summed E-state index contributed by atoms with van der Waals surface area (Å²) in [4.78, 5) is 20.5. The van der Waals surface area contributed by atoms with Crippen LogP contribution in [0.3, 0.4) is 0 Å². The van der Waals surface area contributed by atoms with E-state index in [9.17, 15) is 13.2 Å². The van der Waals surface area contributed by atoms with E-state index >= 15 is 0 Å². The van der Waals surface area contributed by atoms with Gasteiger partial charge in [-0.2, -0.15) is 0 Å². The molecule has 0 saturated heterocycles. The normalized spacial score (nSPS) is 13.4. The molecule has 0 fully saturated rings. The highest BCUT2D eigenvalue weighted by Crippen LogP contribution is 2.36. The number of benzene rings is 2. The number of nitrogens with zero attached hydrogens (tertiary/aromatic N) is 2. The van der Waals surface area contributed by atoms with Gasteiger partial charge < -0.3 is 4.90 Å². The van der Waals surface area contributed by atoms with Crippen molar-refractivity contribution in [3.05, 3.63) is 95.8 Å². The Bertz CT molecular complexity index is 1430. The predicted molar refractivity (Wildman–Crippen MR) is 126 cm³/mol. The largest absolute Gasteiger partial charge is 0.337 e. The first-order valence-corrected chi connectivity index (χ1v) is 12.6. The monoisotopic (exact) mass is 460 g/mol. The summed E-state index contributed by atoms with van der Waals surface area (Å²) in [6.45, 7) is 0.627. The van der Waals surface area contributed by atoms with Gasteiger partial charge in [-0.05, 0) is 59.2 Å². The topological polar surface area (TPSA) is 67.3 Å². The Balaban J connectivity index is 1.41. The molecular formula is C25H20N2O3S2. The van der Waals surface area contributed by atoms with Crippen LogP contribution >= 0.6 is 11.3 Å². The van der Waals surface area contributed by atoms with Crippen molar-refractivity contribution in [3.63, 3.8) is 0 Å². The fraction of sp³-hybridized carbons (Fsp3) is 0.120. The Morgan fingerprint density at radius 3 is 2.47 bits per heavy atom. The molecule has 4 aromatic rings. The van der Waals surface area contributed by atoms with Gasteiger partial charge in [0.2, 0.25) is 0 Å². The highest BCUT2D eigenvalue weighted by Gasteiger charge is 2.24. The van der Waals surface area contributed by atoms with Gasteiger partial charge in [0.05, 0.1) is 10.6 Å². The van der Waals surface area contributed by atoms with Crippen LogP contribution in [0.5, 0.6) is 0 Å². The fourth-order valence-corrected chi connectivity index (χ4v) is 6.22. The van der Waals surface area contributed by atoms with Crippen LogP contribution in [0, 0.1) is 0 Å². The van der Waals surface area contributed by atoms with Crippen molar-refractivity contribution in [1.29, 1.82) is 0 Å². The van der Waals surface area contributed by atoms with Gasteiger partial charge >= 0.3 is 0 Å². The van der Waals surface area contributed by atoms with Crippen LogP contribution in [0.15, 0.2) is 84.0 Å². The Labute approximate surface area is 190 Å². The third kappa shape index (κ3) is 3.85. The van der Waals surface area contributed by atoms with E-state index < -0.39 is 9.84 Å². The van der Waals surface area contributed by atoms with E-state index in [2.05, 4.69) is 17.1 Å². The lowest BCUT2D eigenvalue weighted by molar-refractivity contribution is 0.0816. The Morgan fingerprint density at radius 2 is 1.69 bits per heavy atom. The standard InChI is InChI=1S/C25H20N2O3S2/c1-27-15-20-12-18(7-8-22(20)25(27)28)23-9-10-24(31-23)19-11-17(13-26-14-19)16-32(29,30)21-5-3-2-4-6-21/h2-14H,15-16H2,1H3. The number of sulfone groups is 1. The van der Waals surface area contributed by atoms with Gasteiger partial charge in [0.15, 0.2) is 9.84 Å². The van der Waals surface area contributed by atoms with Crippen molar-refractivity contribution in [2.24, 2.45) is 0 Å². The molecule has 3 heterocycles. The molecule has 0 atom stereocenters. The number of thiophene rings is 1. The van der Waals surface area contributed by atoms with Crippen molar-refractivity contribution in [3.8, 4) is 20.9 Å². The third-order valence-electron chi connectivity index (χ3n) is 5.52. The molecular weight excluding hydrogens is 440 g/mol. The molecule has 0 N–H and O–H groups in total. The highest BCUT2D eigenvalue weighted by molar-refractivity contribution is 7.90. The van der Waals surface area contributed by atoms with Crippen LogP contribution in [0.2, 0.25) is 0 Å². The number of rotatable bonds is 5. The number of hydrogen-bond acceptors (Lipinski definition) is 5. The average molecular weight is 461 g/mol. The average Bonchev–Trinajstić information content (AvgIpc) is 3.39. The maximum Gasteiger partial charge on any atom is 0.254 e. The van der Waals surface area contributed by atoms with Gasteiger partial charge in [-0.15, -0.1) is 11.3 Å². The van der Waals surface area contributed by atoms with Gasteiger partial charge in [-0.1, -0.05) is 24.3 Å². The SMILES string of the molecule is CN1Cc2cc(-c3ccc(-c4cncc(CS(=O)(=O)c5ccccc5)c4)s3)ccc2C1=O. The fourth-order valence-electron chi connectivity index (χ4n) is 3.90. The molecule has 0 saturated carbocycles. The first-order chi connectivity index (χ1) is 15.4. The summed E-state index contributed by atoms with van der Waals surface area (Å²) in [5, 5.41) is 0. The number of aromatic nitrogens is 1. The highest BCUT2D eigenvalue weighted by atomic mass is 32.2. The number of pyridine rings is 1. The van der Waals surface area contributed by atoms with Crippen molar-refractivity contribution in [2.75, 3.05) is 7.05 Å². The van der Waals surface area contributed by atoms with Gasteiger partial charge in [0.25, 0.3) is 5.91 Å². The molecule has 7 heteroatoms. The van der Waals surface area contributed by atoms with E-state index in [0.717, 1.165) is 32.0 Å². The van der Waals surface area contributed by atoms with Crippen molar-refractivity contribution in [2.45, 2.75) is 17.2 Å². The minimum absolute atomic E-state index is 0.0618. The zero-order chi connectivity index (χ0) is 22.3. The van der Waals surface area contributed by atoms with Crippen molar-refractivity contribution in [1.82, 2.24) is 9.88 Å². The van der Waals surface area contributed by atoms with Crippen molar-refractivity contribution < 1.29 is 13.2 Å². The second-order valence-electron chi connectivity index (χ2n) is 7.85. The minimum atomic E-state index is -3.43. The predicted octanol–water partition coefficient (Wildman–Crippen LogP) is 5.04. The maximum atomic E-state index is 12.7. The molecule has 2 aromatic carbocycles. The molecule has 0 unspecified atom stereocenters. The van der Waals surface area contributed by atoms with Crippen LogP contribution in [0.1, 0.15) is 21.5 Å². The third-order valence-corrected chi connectivity index (χ3v) is 8.41. The van der Waals surface area contributed by atoms with E-state index in [1.54, 1.807) is 59.0 Å². The quantitative estimate of drug-likeness (QED) is 0.419. The van der Waals surface area contributed by atoms with E-state index in [0.29, 0.717) is 17.0 Å². The maximum absolute atomic E-state index is 12.7. The van der Waals surface area contributed by atoms with E-state index in [4.69, 9.17) is 0 Å². The Hall–Kier alpha value is -3.29. The molecule has 2 aromatic heterocycles. The lowest BCUT2D eigenvalue weighted by atomic mass is 10.1. The molecule has 1 aliphatic rings. The van der Waals surface area contributed by atoms with Gasteiger partial charge in [0, 0.05) is 46.9 Å². The summed E-state index contributed by atoms with van der Waals surface area (Å²) in [7, 11) is -1.62. The molecule has 1 aliphatic heterocycles. The zero-order valence-corrected chi connectivity index (χ0v) is 19.0. The lowest BCUT2D eigenvalue weighted by Gasteiger charge is -2.06. The molecule has 0 aliphatic carbocycles. The van der Waals surface area contributed by atoms with Gasteiger partial charge in [-0.25, -0.2) is 8.42 Å². The molecule has 0 bridgehead atoms. The van der Waals surface area contributed by atoms with Gasteiger partial charge in [0.1, 0.15) is 0 Å². The van der Waals surface area contributed by atoms with Crippen LogP contribution in [0.25, 0.3) is 20.9 Å². The second-order valence-corrected chi connectivity index (χ2v) is 10.9. The summed E-state index contributed by atoms with van der Waals surface area (Å²) in [5.41, 5.74) is 4.42. The van der Waals surface area contributed by atoms with Crippen LogP contribution < -0.4 is 0 Å². The summed E-state index contributed by atoms with van der Waals surface area (Å²) in [6, 6.07) is 20.4. The van der Waals surface area contributed by atoms with E-state index in [-0.39, 0.29) is 11.7 Å². The number of carbonyl (C=O) groups excluding carboxylic acids is 1. The number of fused-ring (bicyclic) bond motifs is 1. The van der Waals surface area contributed by atoms with E-state index in [1.165, 1.54) is 0 Å². The molecule has 0 spiro atoms. The molecule has 160 valence electrons. The van der Waals surface area contributed by atoms with Crippen LogP contribution in [-0.2, 0) is 22.1 Å². The van der Waals surface area contributed by atoms with Crippen LogP contribution in [-0.4, -0.2) is 31.3 Å². The van der Waals surface area contributed by atoms with Gasteiger partial charge in [-0.3, -0.25) is 9.78 Å². The molecule has 32 heavy (non-hydrogen) atoms. The zero-order valence-electron chi connectivity index (χ0n) is 17.4. The minimum Gasteiger partial charge on any atom is -0.337 e. The lowest BCUT2D eigenvalue weighted by Crippen LogP contribution is -2.17. The van der Waals surface area contributed by atoms with Crippen LogP contribution in [0.4, 0.5) is 0 Å². The Kier molecular flexibility index (Phi) is 5.15. The number of carbonyl (C=O) groups is 1. The summed E-state index contributed by atoms with van der Waals surface area (Å²) in [5.74, 6) is -0.0330. The molecule has 0 radical (unpaired) electrons. The first kappa shape index (κ1) is 20.6.